The first-order valence-corrected chi connectivity index (χ1v) is 22.3. The third-order valence-corrected chi connectivity index (χ3v) is 12.5. The van der Waals surface area contributed by atoms with Crippen molar-refractivity contribution in [3.05, 3.63) is 273 Å². The Morgan fingerprint density at radius 1 is 0.169 bits per heavy atom. The highest BCUT2D eigenvalue weighted by Gasteiger charge is 2.15. The van der Waals surface area contributed by atoms with Crippen molar-refractivity contribution in [1.82, 2.24) is 0 Å². The van der Waals surface area contributed by atoms with E-state index in [9.17, 15) is 0 Å². The normalized spacial score (nSPS) is 11.1. The van der Waals surface area contributed by atoms with Crippen LogP contribution in [0.5, 0.6) is 0 Å². The first-order valence-electron chi connectivity index (χ1n) is 22.3. The Balaban J connectivity index is 0.890. The van der Waals surface area contributed by atoms with Gasteiger partial charge in [-0.25, -0.2) is 0 Å². The van der Waals surface area contributed by atoms with Crippen molar-refractivity contribution >= 4 is 27.8 Å². The average Bonchev–Trinajstić information content (AvgIpc) is 3.40. The second-order valence-electron chi connectivity index (χ2n) is 16.6. The van der Waals surface area contributed by atoms with E-state index in [2.05, 4.69) is 278 Å². The van der Waals surface area contributed by atoms with Crippen molar-refractivity contribution < 1.29 is 0 Å². The fourth-order valence-electron chi connectivity index (χ4n) is 9.04. The summed E-state index contributed by atoms with van der Waals surface area (Å²) in [4.78, 5) is 2.35. The molecule has 0 fully saturated rings. The second kappa shape index (κ2) is 17.7. The van der Waals surface area contributed by atoms with Crippen LogP contribution in [0, 0.1) is 0 Å². The van der Waals surface area contributed by atoms with Crippen molar-refractivity contribution in [2.24, 2.45) is 0 Å². The first kappa shape index (κ1) is 39.3. The van der Waals surface area contributed by atoms with E-state index in [0.29, 0.717) is 0 Å². The average molecular weight is 828 g/mol. The van der Waals surface area contributed by atoms with E-state index in [1.165, 1.54) is 88.7 Å². The fraction of sp³-hybridized carbons (Fsp3) is 0. The lowest BCUT2D eigenvalue weighted by molar-refractivity contribution is 1.28. The molecule has 306 valence electrons. The molecule has 0 unspecified atom stereocenters. The molecular weight excluding hydrogens is 783 g/mol. The molecule has 0 saturated carbocycles. The molecule has 0 aliphatic rings. The Morgan fingerprint density at radius 3 is 0.954 bits per heavy atom. The molecule has 11 aromatic carbocycles. The van der Waals surface area contributed by atoms with Crippen LogP contribution in [0.2, 0.25) is 0 Å². The Kier molecular flexibility index (Phi) is 10.7. The molecule has 0 N–H and O–H groups in total. The van der Waals surface area contributed by atoms with Crippen LogP contribution in [0.4, 0.5) is 17.1 Å². The van der Waals surface area contributed by atoms with E-state index in [1.54, 1.807) is 0 Å². The van der Waals surface area contributed by atoms with Crippen molar-refractivity contribution in [3.63, 3.8) is 0 Å². The van der Waals surface area contributed by atoms with Crippen LogP contribution in [0.1, 0.15) is 0 Å². The van der Waals surface area contributed by atoms with E-state index >= 15 is 0 Å². The Labute approximate surface area is 381 Å². The summed E-state index contributed by atoms with van der Waals surface area (Å²) in [6.07, 6.45) is 0. The highest BCUT2D eigenvalue weighted by atomic mass is 15.1. The molecule has 0 saturated heterocycles. The number of nitrogens with zero attached hydrogens (tertiary/aromatic N) is 1. The van der Waals surface area contributed by atoms with E-state index in [4.69, 9.17) is 0 Å². The third-order valence-electron chi connectivity index (χ3n) is 12.5. The largest absolute Gasteiger partial charge is 0.311 e. The number of rotatable bonds is 10. The molecule has 0 radical (unpaired) electrons. The molecular formula is C64H45N. The van der Waals surface area contributed by atoms with Gasteiger partial charge in [0.1, 0.15) is 0 Å². The van der Waals surface area contributed by atoms with Gasteiger partial charge < -0.3 is 4.90 Å². The summed E-state index contributed by atoms with van der Waals surface area (Å²) in [5.74, 6) is 0. The van der Waals surface area contributed by atoms with Crippen LogP contribution >= 0.6 is 0 Å². The van der Waals surface area contributed by atoms with Crippen LogP contribution in [-0.4, -0.2) is 0 Å². The summed E-state index contributed by atoms with van der Waals surface area (Å²) in [6, 6.07) is 98.7. The number of hydrogen-bond acceptors (Lipinski definition) is 1. The molecule has 0 aromatic heterocycles. The van der Waals surface area contributed by atoms with Gasteiger partial charge in [-0.1, -0.05) is 224 Å². The highest BCUT2D eigenvalue weighted by Crippen LogP contribution is 2.40. The maximum atomic E-state index is 2.35. The number of anilines is 3. The number of fused-ring (bicyclic) bond motifs is 1. The molecule has 0 aliphatic heterocycles. The molecule has 0 spiro atoms. The molecule has 1 heteroatoms. The minimum absolute atomic E-state index is 1.09. The Hall–Kier alpha value is -8.52. The maximum Gasteiger partial charge on any atom is 0.0462 e. The maximum absolute atomic E-state index is 2.35. The topological polar surface area (TPSA) is 3.24 Å². The zero-order valence-corrected chi connectivity index (χ0v) is 35.9. The summed E-state index contributed by atoms with van der Waals surface area (Å²) in [6.45, 7) is 0. The van der Waals surface area contributed by atoms with E-state index < -0.39 is 0 Å². The van der Waals surface area contributed by atoms with Gasteiger partial charge in [-0.3, -0.25) is 0 Å². The lowest BCUT2D eigenvalue weighted by Gasteiger charge is -2.26. The predicted octanol–water partition coefficient (Wildman–Crippen LogP) is 18.0. The van der Waals surface area contributed by atoms with Gasteiger partial charge in [0.2, 0.25) is 0 Å². The minimum atomic E-state index is 1.09. The standard InChI is InChI=1S/C64H45N/c1-3-12-46(13-4-1)48-22-24-49(25-23-48)51-32-38-60(39-33-51)65(62-42-36-55(37-43-62)64-21-10-9-20-63(64)54-15-5-2-6-16-54)61-40-34-52(35-41-61)50-26-28-53(29-27-50)57-18-11-19-58(44-57)59-31-30-47-14-7-8-17-56(47)45-59/h1-45H. The summed E-state index contributed by atoms with van der Waals surface area (Å²) >= 11 is 0. The van der Waals surface area contributed by atoms with E-state index in [-0.39, 0.29) is 0 Å². The quantitative estimate of drug-likeness (QED) is 0.133. The molecule has 65 heavy (non-hydrogen) atoms. The van der Waals surface area contributed by atoms with Gasteiger partial charge in [0.05, 0.1) is 0 Å². The van der Waals surface area contributed by atoms with Crippen LogP contribution in [0.25, 0.3) is 88.7 Å². The summed E-state index contributed by atoms with van der Waals surface area (Å²) < 4.78 is 0. The van der Waals surface area contributed by atoms with Crippen LogP contribution in [0.15, 0.2) is 273 Å². The van der Waals surface area contributed by atoms with Gasteiger partial charge >= 0.3 is 0 Å². The smallest absolute Gasteiger partial charge is 0.0462 e. The zero-order valence-electron chi connectivity index (χ0n) is 35.9. The molecule has 0 amide bonds. The van der Waals surface area contributed by atoms with Crippen LogP contribution in [0.3, 0.4) is 0 Å². The molecule has 11 aromatic rings. The number of benzene rings is 11. The summed E-state index contributed by atoms with van der Waals surface area (Å²) in [7, 11) is 0. The molecule has 0 aliphatic carbocycles. The van der Waals surface area contributed by atoms with Gasteiger partial charge in [0.25, 0.3) is 0 Å². The predicted molar refractivity (Wildman–Crippen MR) is 277 cm³/mol. The van der Waals surface area contributed by atoms with Crippen molar-refractivity contribution in [2.75, 3.05) is 4.90 Å². The fourth-order valence-corrected chi connectivity index (χ4v) is 9.04. The second-order valence-corrected chi connectivity index (χ2v) is 16.6. The molecule has 11 rings (SSSR count). The Bertz CT molecular complexity index is 3350. The van der Waals surface area contributed by atoms with Crippen molar-refractivity contribution in [3.8, 4) is 77.9 Å². The van der Waals surface area contributed by atoms with Crippen LogP contribution in [-0.2, 0) is 0 Å². The van der Waals surface area contributed by atoms with Gasteiger partial charge in [-0.15, -0.1) is 0 Å². The van der Waals surface area contributed by atoms with E-state index in [0.717, 1.165) is 17.1 Å². The minimum Gasteiger partial charge on any atom is -0.311 e. The Morgan fingerprint density at radius 2 is 0.462 bits per heavy atom. The van der Waals surface area contributed by atoms with Crippen LogP contribution < -0.4 is 4.90 Å². The summed E-state index contributed by atoms with van der Waals surface area (Å²) in [5, 5.41) is 2.51. The lowest BCUT2D eigenvalue weighted by Crippen LogP contribution is -2.09. The first-order chi connectivity index (χ1) is 32.2. The monoisotopic (exact) mass is 827 g/mol. The van der Waals surface area contributed by atoms with Gasteiger partial charge in [-0.05, 0) is 137 Å². The zero-order chi connectivity index (χ0) is 43.4. The molecule has 0 heterocycles. The third kappa shape index (κ3) is 8.27. The number of hydrogen-bond donors (Lipinski definition) is 0. The molecule has 0 bridgehead atoms. The van der Waals surface area contributed by atoms with Crippen molar-refractivity contribution in [1.29, 1.82) is 0 Å². The summed E-state index contributed by atoms with van der Waals surface area (Å²) in [5.41, 5.74) is 20.1. The molecule has 1 nitrogen and oxygen atoms in total. The molecule has 0 atom stereocenters. The SMILES string of the molecule is c1ccc(-c2ccc(-c3ccc(N(c4ccc(-c5ccc(-c6cccc(-c7ccc8ccccc8c7)c6)cc5)cc4)c4ccc(-c5ccccc5-c5ccccc5)cc4)cc3)cc2)cc1. The lowest BCUT2D eigenvalue weighted by atomic mass is 9.94. The van der Waals surface area contributed by atoms with E-state index in [1.807, 2.05) is 0 Å². The highest BCUT2D eigenvalue weighted by molar-refractivity contribution is 5.89. The van der Waals surface area contributed by atoms with Gasteiger partial charge in [-0.2, -0.15) is 0 Å². The van der Waals surface area contributed by atoms with Crippen molar-refractivity contribution in [2.45, 2.75) is 0 Å². The van der Waals surface area contributed by atoms with Gasteiger partial charge in [0, 0.05) is 17.1 Å². The van der Waals surface area contributed by atoms with Gasteiger partial charge in [0.15, 0.2) is 0 Å².